The van der Waals surface area contributed by atoms with Crippen molar-refractivity contribution in [3.05, 3.63) is 39.9 Å². The fraction of sp³-hybridized carbons (Fsp3) is 0.462. The molecule has 0 saturated heterocycles. The van der Waals surface area contributed by atoms with Crippen LogP contribution in [0, 0.1) is 10.1 Å². The van der Waals surface area contributed by atoms with E-state index in [1.807, 2.05) is 6.92 Å². The highest BCUT2D eigenvalue weighted by molar-refractivity contribution is 5.69. The summed E-state index contributed by atoms with van der Waals surface area (Å²) in [5, 5.41) is 13.7. The Kier molecular flexibility index (Phi) is 5.95. The van der Waals surface area contributed by atoms with Gasteiger partial charge in [0.25, 0.3) is 5.69 Å². The number of non-ortho nitro benzene ring substituents is 1. The van der Waals surface area contributed by atoms with Crippen molar-refractivity contribution in [3.63, 3.8) is 0 Å². The molecule has 1 atom stereocenters. The highest BCUT2D eigenvalue weighted by Gasteiger charge is 2.08. The lowest BCUT2D eigenvalue weighted by molar-refractivity contribution is -0.384. The molecule has 6 nitrogen and oxygen atoms in total. The largest absolute Gasteiger partial charge is 0.469 e. The van der Waals surface area contributed by atoms with E-state index < -0.39 is 4.92 Å². The first-order valence-electron chi connectivity index (χ1n) is 6.06. The van der Waals surface area contributed by atoms with Crippen LogP contribution in [0.3, 0.4) is 0 Å². The van der Waals surface area contributed by atoms with Gasteiger partial charge in [0, 0.05) is 18.2 Å². The van der Waals surface area contributed by atoms with Crippen molar-refractivity contribution >= 4 is 11.7 Å². The van der Waals surface area contributed by atoms with Gasteiger partial charge in [0.15, 0.2) is 0 Å². The predicted molar refractivity (Wildman–Crippen MR) is 70.9 cm³/mol. The maximum absolute atomic E-state index is 11.0. The molecule has 0 radical (unpaired) electrons. The molecule has 0 fully saturated rings. The number of nitro benzene ring substituents is 1. The fourth-order valence-electron chi connectivity index (χ4n) is 1.65. The summed E-state index contributed by atoms with van der Waals surface area (Å²) in [6.45, 7) is 2.61. The number of carbonyl (C=O) groups is 1. The average molecular weight is 266 g/mol. The van der Waals surface area contributed by atoms with Crippen molar-refractivity contribution in [1.29, 1.82) is 0 Å². The summed E-state index contributed by atoms with van der Waals surface area (Å²) in [5.41, 5.74) is 1.11. The normalized spacial score (nSPS) is 11.9. The third-order valence-electron chi connectivity index (χ3n) is 2.75. The summed E-state index contributed by atoms with van der Waals surface area (Å²) in [6, 6.07) is 6.52. The number of ether oxygens (including phenoxy) is 1. The van der Waals surface area contributed by atoms with Gasteiger partial charge >= 0.3 is 5.97 Å². The summed E-state index contributed by atoms with van der Waals surface area (Å²) in [6.07, 6.45) is 1.08. The molecule has 0 amide bonds. The van der Waals surface area contributed by atoms with E-state index in [2.05, 4.69) is 10.1 Å². The van der Waals surface area contributed by atoms with Gasteiger partial charge in [-0.15, -0.1) is 0 Å². The second-order valence-corrected chi connectivity index (χ2v) is 4.31. The number of esters is 1. The average Bonchev–Trinajstić information content (AvgIpc) is 2.39. The van der Waals surface area contributed by atoms with Gasteiger partial charge in [-0.05, 0) is 25.5 Å². The minimum Gasteiger partial charge on any atom is -0.469 e. The Balaban J connectivity index is 2.33. The van der Waals surface area contributed by atoms with Crippen LogP contribution in [0.15, 0.2) is 24.3 Å². The molecule has 0 spiro atoms. The highest BCUT2D eigenvalue weighted by atomic mass is 16.6. The fourth-order valence-corrected chi connectivity index (χ4v) is 1.65. The minimum absolute atomic E-state index is 0.0468. The van der Waals surface area contributed by atoms with Crippen molar-refractivity contribution < 1.29 is 14.5 Å². The van der Waals surface area contributed by atoms with Gasteiger partial charge in [0.2, 0.25) is 0 Å². The van der Waals surface area contributed by atoms with Crippen LogP contribution in [0.25, 0.3) is 0 Å². The molecule has 1 N–H and O–H groups in total. The Morgan fingerprint density at radius 2 is 2.05 bits per heavy atom. The third-order valence-corrected chi connectivity index (χ3v) is 2.75. The van der Waals surface area contributed by atoms with Crippen LogP contribution >= 0.6 is 0 Å². The minimum atomic E-state index is -0.416. The quantitative estimate of drug-likeness (QED) is 0.461. The standard InChI is InChI=1S/C13H18N2O4/c1-10(9-13(16)19-2)14-8-7-11-3-5-12(6-4-11)15(17)18/h3-6,10,14H,7-9H2,1-2H3. The highest BCUT2D eigenvalue weighted by Crippen LogP contribution is 2.12. The Labute approximate surface area is 111 Å². The van der Waals surface area contributed by atoms with E-state index in [0.29, 0.717) is 13.0 Å². The second kappa shape index (κ2) is 7.48. The lowest BCUT2D eigenvalue weighted by atomic mass is 10.1. The number of methoxy groups -OCH3 is 1. The van der Waals surface area contributed by atoms with E-state index in [1.54, 1.807) is 12.1 Å². The molecule has 1 aromatic carbocycles. The van der Waals surface area contributed by atoms with E-state index in [-0.39, 0.29) is 17.7 Å². The van der Waals surface area contributed by atoms with E-state index in [4.69, 9.17) is 0 Å². The number of benzene rings is 1. The molecular formula is C13H18N2O4. The number of hydrogen-bond acceptors (Lipinski definition) is 5. The Bertz CT molecular complexity index is 431. The maximum Gasteiger partial charge on any atom is 0.307 e. The summed E-state index contributed by atoms with van der Waals surface area (Å²) in [7, 11) is 1.37. The molecule has 0 aliphatic rings. The summed E-state index contributed by atoms with van der Waals surface area (Å²) in [5.74, 6) is -0.240. The zero-order valence-corrected chi connectivity index (χ0v) is 11.1. The van der Waals surface area contributed by atoms with Gasteiger partial charge in [0.05, 0.1) is 18.5 Å². The number of rotatable bonds is 7. The van der Waals surface area contributed by atoms with Gasteiger partial charge < -0.3 is 10.1 Å². The summed E-state index contributed by atoms with van der Waals surface area (Å²) >= 11 is 0. The van der Waals surface area contributed by atoms with Crippen LogP contribution in [0.1, 0.15) is 18.9 Å². The number of nitrogens with one attached hydrogen (secondary N) is 1. The van der Waals surface area contributed by atoms with Gasteiger partial charge in [-0.3, -0.25) is 14.9 Å². The molecule has 0 bridgehead atoms. The first kappa shape index (κ1) is 15.1. The van der Waals surface area contributed by atoms with Crippen molar-refractivity contribution in [2.45, 2.75) is 25.8 Å². The number of nitro groups is 1. The molecular weight excluding hydrogens is 248 g/mol. The first-order chi connectivity index (χ1) is 9.02. The van der Waals surface area contributed by atoms with Gasteiger partial charge in [-0.25, -0.2) is 0 Å². The van der Waals surface area contributed by atoms with E-state index >= 15 is 0 Å². The Morgan fingerprint density at radius 3 is 2.58 bits per heavy atom. The van der Waals surface area contributed by atoms with Crippen molar-refractivity contribution in [3.8, 4) is 0 Å². The monoisotopic (exact) mass is 266 g/mol. The second-order valence-electron chi connectivity index (χ2n) is 4.31. The molecule has 0 aliphatic heterocycles. The smallest absolute Gasteiger partial charge is 0.307 e. The molecule has 104 valence electrons. The van der Waals surface area contributed by atoms with Crippen LogP contribution in [0.2, 0.25) is 0 Å². The van der Waals surface area contributed by atoms with E-state index in [0.717, 1.165) is 12.0 Å². The topological polar surface area (TPSA) is 81.5 Å². The number of hydrogen-bond donors (Lipinski definition) is 1. The zero-order valence-electron chi connectivity index (χ0n) is 11.1. The molecule has 0 aromatic heterocycles. The molecule has 1 aromatic rings. The van der Waals surface area contributed by atoms with Crippen molar-refractivity contribution in [2.75, 3.05) is 13.7 Å². The molecule has 19 heavy (non-hydrogen) atoms. The molecule has 1 rings (SSSR count). The van der Waals surface area contributed by atoms with Crippen LogP contribution in [-0.2, 0) is 16.0 Å². The number of carbonyl (C=O) groups excluding carboxylic acids is 1. The van der Waals surface area contributed by atoms with Crippen molar-refractivity contribution in [2.24, 2.45) is 0 Å². The van der Waals surface area contributed by atoms with E-state index in [9.17, 15) is 14.9 Å². The third kappa shape index (κ3) is 5.48. The lowest BCUT2D eigenvalue weighted by Gasteiger charge is -2.12. The Hall–Kier alpha value is -1.95. The SMILES string of the molecule is COC(=O)CC(C)NCCc1ccc([N+](=O)[O-])cc1. The summed E-state index contributed by atoms with van der Waals surface area (Å²) < 4.78 is 4.58. The Morgan fingerprint density at radius 1 is 1.42 bits per heavy atom. The van der Waals surface area contributed by atoms with Crippen molar-refractivity contribution in [1.82, 2.24) is 5.32 Å². The molecule has 0 heterocycles. The predicted octanol–water partition coefficient (Wildman–Crippen LogP) is 1.68. The number of nitrogens with zero attached hydrogens (tertiary/aromatic N) is 1. The first-order valence-corrected chi connectivity index (χ1v) is 6.06. The van der Waals surface area contributed by atoms with Crippen LogP contribution in [-0.4, -0.2) is 30.6 Å². The summed E-state index contributed by atoms with van der Waals surface area (Å²) in [4.78, 5) is 21.1. The lowest BCUT2D eigenvalue weighted by Crippen LogP contribution is -2.30. The molecule has 6 heteroatoms. The van der Waals surface area contributed by atoms with Gasteiger partial charge in [-0.2, -0.15) is 0 Å². The molecule has 1 unspecified atom stereocenters. The zero-order chi connectivity index (χ0) is 14.3. The van der Waals surface area contributed by atoms with Gasteiger partial charge in [-0.1, -0.05) is 12.1 Å². The maximum atomic E-state index is 11.0. The molecule has 0 aliphatic carbocycles. The molecule has 0 saturated carbocycles. The van der Waals surface area contributed by atoms with Crippen LogP contribution in [0.5, 0.6) is 0 Å². The van der Waals surface area contributed by atoms with Crippen LogP contribution in [0.4, 0.5) is 5.69 Å². The van der Waals surface area contributed by atoms with Gasteiger partial charge in [0.1, 0.15) is 0 Å². The van der Waals surface area contributed by atoms with E-state index in [1.165, 1.54) is 19.2 Å². The van der Waals surface area contributed by atoms with Crippen LogP contribution < -0.4 is 5.32 Å².